The minimum Gasteiger partial charge on any atom is -0.462 e. The molecule has 1 N–H and O–H groups in total. The van der Waals surface area contributed by atoms with Crippen LogP contribution >= 0.6 is 12.4 Å². The SMILES string of the molecule is CCOC(=O)c1cnc2nc(C)ccc2c1Nc1ccc(C)cc1C.Cl. The normalized spacial score (nSPS) is 10.3. The highest BCUT2D eigenvalue weighted by molar-refractivity contribution is 6.05. The number of pyridine rings is 2. The Hall–Kier alpha value is -2.66. The first-order valence-electron chi connectivity index (χ1n) is 8.27. The fourth-order valence-electron chi connectivity index (χ4n) is 2.76. The van der Waals surface area contributed by atoms with Crippen LogP contribution in [0.2, 0.25) is 0 Å². The predicted octanol–water partition coefficient (Wildman–Crippen LogP) is 4.90. The molecule has 0 aliphatic rings. The highest BCUT2D eigenvalue weighted by Gasteiger charge is 2.18. The van der Waals surface area contributed by atoms with E-state index in [4.69, 9.17) is 4.74 Å². The van der Waals surface area contributed by atoms with Gasteiger partial charge in [-0.25, -0.2) is 14.8 Å². The number of nitrogens with one attached hydrogen (secondary N) is 1. The van der Waals surface area contributed by atoms with Gasteiger partial charge < -0.3 is 10.1 Å². The molecule has 3 aromatic rings. The number of benzene rings is 1. The first-order chi connectivity index (χ1) is 12.0. The number of hydrogen-bond acceptors (Lipinski definition) is 5. The average Bonchev–Trinajstić information content (AvgIpc) is 2.57. The van der Waals surface area contributed by atoms with E-state index in [1.807, 2.05) is 38.1 Å². The summed E-state index contributed by atoms with van der Waals surface area (Å²) in [6, 6.07) is 9.97. The summed E-state index contributed by atoms with van der Waals surface area (Å²) in [5.74, 6) is -0.398. The van der Waals surface area contributed by atoms with Crippen LogP contribution in [0.3, 0.4) is 0 Å². The number of esters is 1. The number of nitrogens with zero attached hydrogens (tertiary/aromatic N) is 2. The summed E-state index contributed by atoms with van der Waals surface area (Å²) >= 11 is 0. The van der Waals surface area contributed by atoms with E-state index in [1.165, 1.54) is 11.8 Å². The van der Waals surface area contributed by atoms with E-state index >= 15 is 0 Å². The van der Waals surface area contributed by atoms with Crippen LogP contribution in [0.1, 0.15) is 34.1 Å². The van der Waals surface area contributed by atoms with Crippen LogP contribution in [0.5, 0.6) is 0 Å². The van der Waals surface area contributed by atoms with Crippen LogP contribution in [0, 0.1) is 20.8 Å². The third-order valence-corrected chi connectivity index (χ3v) is 4.01. The molecule has 0 bridgehead atoms. The largest absolute Gasteiger partial charge is 0.462 e. The molecule has 0 atom stereocenters. The second-order valence-corrected chi connectivity index (χ2v) is 6.03. The van der Waals surface area contributed by atoms with Crippen molar-refractivity contribution >= 4 is 40.8 Å². The Bertz CT molecular complexity index is 957. The maximum absolute atomic E-state index is 12.4. The van der Waals surface area contributed by atoms with Crippen molar-refractivity contribution in [3.05, 3.63) is 58.9 Å². The zero-order chi connectivity index (χ0) is 18.0. The van der Waals surface area contributed by atoms with E-state index < -0.39 is 5.97 Å². The molecule has 0 fully saturated rings. The standard InChI is InChI=1S/C20H21N3O2.ClH/c1-5-25-20(24)16-11-21-19-15(8-7-14(4)22-19)18(16)23-17-9-6-12(2)10-13(17)3;/h6-11H,5H2,1-4H3,(H,21,22,23);1H. The van der Waals surface area contributed by atoms with E-state index in [1.54, 1.807) is 6.92 Å². The van der Waals surface area contributed by atoms with Crippen molar-refractivity contribution in [1.29, 1.82) is 0 Å². The summed E-state index contributed by atoms with van der Waals surface area (Å²) in [6.45, 7) is 8.10. The molecule has 0 radical (unpaired) electrons. The number of anilines is 2. The van der Waals surface area contributed by atoms with Crippen LogP contribution < -0.4 is 5.32 Å². The number of rotatable bonds is 4. The summed E-state index contributed by atoms with van der Waals surface area (Å²) in [5, 5.41) is 4.18. The zero-order valence-electron chi connectivity index (χ0n) is 15.3. The lowest BCUT2D eigenvalue weighted by molar-refractivity contribution is 0.0527. The highest BCUT2D eigenvalue weighted by Crippen LogP contribution is 2.30. The Morgan fingerprint density at radius 2 is 1.92 bits per heavy atom. The van der Waals surface area contributed by atoms with Gasteiger partial charge in [0.15, 0.2) is 5.65 Å². The van der Waals surface area contributed by atoms with Crippen molar-refractivity contribution in [2.24, 2.45) is 0 Å². The number of aromatic nitrogens is 2. The van der Waals surface area contributed by atoms with Crippen molar-refractivity contribution < 1.29 is 9.53 Å². The molecule has 136 valence electrons. The zero-order valence-corrected chi connectivity index (χ0v) is 16.1. The smallest absolute Gasteiger partial charge is 0.341 e. The number of carbonyl (C=O) groups is 1. The lowest BCUT2D eigenvalue weighted by Crippen LogP contribution is -2.10. The lowest BCUT2D eigenvalue weighted by atomic mass is 10.1. The molecule has 0 saturated carbocycles. The Kier molecular flexibility index (Phi) is 6.16. The molecule has 2 aromatic heterocycles. The second-order valence-electron chi connectivity index (χ2n) is 6.03. The van der Waals surface area contributed by atoms with E-state index in [0.717, 1.165) is 22.3 Å². The average molecular weight is 372 g/mol. The topological polar surface area (TPSA) is 64.1 Å². The molecule has 6 heteroatoms. The Morgan fingerprint density at radius 3 is 2.62 bits per heavy atom. The Morgan fingerprint density at radius 1 is 1.15 bits per heavy atom. The first-order valence-corrected chi connectivity index (χ1v) is 8.27. The molecular formula is C20H22ClN3O2. The van der Waals surface area contributed by atoms with E-state index in [-0.39, 0.29) is 12.4 Å². The minimum absolute atomic E-state index is 0. The van der Waals surface area contributed by atoms with E-state index in [0.29, 0.717) is 23.5 Å². The van der Waals surface area contributed by atoms with Gasteiger partial charge in [0.05, 0.1) is 12.3 Å². The summed E-state index contributed by atoms with van der Waals surface area (Å²) in [4.78, 5) is 21.2. The monoisotopic (exact) mass is 371 g/mol. The van der Waals surface area contributed by atoms with Crippen molar-refractivity contribution in [1.82, 2.24) is 9.97 Å². The maximum atomic E-state index is 12.4. The maximum Gasteiger partial charge on any atom is 0.341 e. The van der Waals surface area contributed by atoms with Gasteiger partial charge in [0.2, 0.25) is 0 Å². The van der Waals surface area contributed by atoms with Crippen molar-refractivity contribution in [2.45, 2.75) is 27.7 Å². The molecule has 0 aliphatic carbocycles. The lowest BCUT2D eigenvalue weighted by Gasteiger charge is -2.16. The van der Waals surface area contributed by atoms with Crippen LogP contribution in [-0.4, -0.2) is 22.5 Å². The molecule has 3 rings (SSSR count). The minimum atomic E-state index is -0.398. The number of aryl methyl sites for hydroxylation is 3. The van der Waals surface area contributed by atoms with Crippen molar-refractivity contribution in [3.8, 4) is 0 Å². The predicted molar refractivity (Wildman–Crippen MR) is 107 cm³/mol. The first kappa shape index (κ1) is 19.7. The fourth-order valence-corrected chi connectivity index (χ4v) is 2.76. The van der Waals surface area contributed by atoms with Crippen LogP contribution in [-0.2, 0) is 4.74 Å². The number of carbonyl (C=O) groups excluding carboxylic acids is 1. The molecule has 0 aliphatic heterocycles. The summed E-state index contributed by atoms with van der Waals surface area (Å²) in [6.07, 6.45) is 1.53. The fraction of sp³-hybridized carbons (Fsp3) is 0.250. The van der Waals surface area contributed by atoms with Crippen LogP contribution in [0.4, 0.5) is 11.4 Å². The number of halogens is 1. The molecule has 0 spiro atoms. The third kappa shape index (κ3) is 3.94. The van der Waals surface area contributed by atoms with Crippen LogP contribution in [0.25, 0.3) is 11.0 Å². The molecule has 2 heterocycles. The highest BCUT2D eigenvalue weighted by atomic mass is 35.5. The quantitative estimate of drug-likeness (QED) is 0.661. The summed E-state index contributed by atoms with van der Waals surface area (Å²) < 4.78 is 5.19. The number of hydrogen-bond donors (Lipinski definition) is 1. The van der Waals surface area contributed by atoms with Gasteiger partial charge >= 0.3 is 5.97 Å². The number of fused-ring (bicyclic) bond motifs is 1. The molecule has 0 unspecified atom stereocenters. The van der Waals surface area contributed by atoms with Gasteiger partial charge in [0.25, 0.3) is 0 Å². The Balaban J connectivity index is 0.00000243. The van der Waals surface area contributed by atoms with Gasteiger partial charge in [-0.05, 0) is 51.5 Å². The van der Waals surface area contributed by atoms with Gasteiger partial charge in [-0.1, -0.05) is 17.7 Å². The molecule has 26 heavy (non-hydrogen) atoms. The molecule has 0 saturated heterocycles. The molecular weight excluding hydrogens is 350 g/mol. The summed E-state index contributed by atoms with van der Waals surface area (Å²) in [5.41, 5.74) is 5.76. The molecule has 0 amide bonds. The van der Waals surface area contributed by atoms with Crippen LogP contribution in [0.15, 0.2) is 36.5 Å². The Labute approximate surface area is 159 Å². The van der Waals surface area contributed by atoms with Gasteiger partial charge in [-0.3, -0.25) is 0 Å². The molecule has 1 aromatic carbocycles. The van der Waals surface area contributed by atoms with Gasteiger partial charge in [-0.2, -0.15) is 0 Å². The van der Waals surface area contributed by atoms with Crippen molar-refractivity contribution in [3.63, 3.8) is 0 Å². The third-order valence-electron chi connectivity index (χ3n) is 4.01. The van der Waals surface area contributed by atoms with Gasteiger partial charge in [-0.15, -0.1) is 12.4 Å². The molecule has 5 nitrogen and oxygen atoms in total. The summed E-state index contributed by atoms with van der Waals surface area (Å²) in [7, 11) is 0. The van der Waals surface area contributed by atoms with Gasteiger partial charge in [0.1, 0.15) is 5.56 Å². The second kappa shape index (κ2) is 8.15. The van der Waals surface area contributed by atoms with E-state index in [9.17, 15) is 4.79 Å². The van der Waals surface area contributed by atoms with Crippen molar-refractivity contribution in [2.75, 3.05) is 11.9 Å². The number of ether oxygens (including phenoxy) is 1. The van der Waals surface area contributed by atoms with Gasteiger partial charge in [0, 0.05) is 23.0 Å². The van der Waals surface area contributed by atoms with E-state index in [2.05, 4.69) is 28.3 Å².